The van der Waals surface area contributed by atoms with Crippen molar-refractivity contribution in [3.8, 4) is 0 Å². The number of nitrogens with one attached hydrogen (secondary N) is 2. The minimum atomic E-state index is 0.303. The molecule has 110 valence electrons. The lowest BCUT2D eigenvalue weighted by Crippen LogP contribution is -2.42. The van der Waals surface area contributed by atoms with Crippen LogP contribution in [0, 0.1) is 5.92 Å². The predicted molar refractivity (Wildman–Crippen MR) is 79.1 cm³/mol. The quantitative estimate of drug-likeness (QED) is 0.776. The monoisotopic (exact) mass is 266 g/mol. The van der Waals surface area contributed by atoms with Gasteiger partial charge >= 0.3 is 0 Å². The first kappa shape index (κ1) is 14.8. The van der Waals surface area contributed by atoms with Crippen LogP contribution in [-0.2, 0) is 4.79 Å². The van der Waals surface area contributed by atoms with Crippen molar-refractivity contribution in [3.05, 3.63) is 0 Å². The first-order chi connectivity index (χ1) is 9.28. The molecule has 0 aromatic rings. The number of carbonyl (C=O) groups is 1. The van der Waals surface area contributed by atoms with Crippen LogP contribution in [0.2, 0.25) is 0 Å². The molecule has 2 aliphatic carbocycles. The molecule has 2 aliphatic rings. The maximum atomic E-state index is 12.0. The van der Waals surface area contributed by atoms with Gasteiger partial charge in [-0.2, -0.15) is 0 Å². The summed E-state index contributed by atoms with van der Waals surface area (Å²) in [5, 5.41) is 6.85. The van der Waals surface area contributed by atoms with E-state index in [0.29, 0.717) is 23.9 Å². The molecule has 0 radical (unpaired) electrons. The molecule has 3 heteroatoms. The molecule has 0 aromatic heterocycles. The fourth-order valence-corrected chi connectivity index (χ4v) is 3.55. The molecule has 2 N–H and O–H groups in total. The Morgan fingerprint density at radius 3 is 2.26 bits per heavy atom. The summed E-state index contributed by atoms with van der Waals surface area (Å²) in [7, 11) is 0. The van der Waals surface area contributed by atoms with Crippen molar-refractivity contribution >= 4 is 5.91 Å². The van der Waals surface area contributed by atoms with Gasteiger partial charge in [-0.1, -0.05) is 19.8 Å². The average molecular weight is 266 g/mol. The van der Waals surface area contributed by atoms with Crippen molar-refractivity contribution in [2.24, 2.45) is 5.92 Å². The van der Waals surface area contributed by atoms with Crippen molar-refractivity contribution < 1.29 is 4.79 Å². The molecule has 19 heavy (non-hydrogen) atoms. The molecule has 0 heterocycles. The summed E-state index contributed by atoms with van der Waals surface area (Å²) >= 11 is 0. The van der Waals surface area contributed by atoms with Gasteiger partial charge in [-0.15, -0.1) is 0 Å². The Bertz CT molecular complexity index is 266. The summed E-state index contributed by atoms with van der Waals surface area (Å²) in [5.74, 6) is 0.972. The van der Waals surface area contributed by atoms with Gasteiger partial charge < -0.3 is 10.6 Å². The second-order valence-corrected chi connectivity index (χ2v) is 6.42. The topological polar surface area (TPSA) is 41.1 Å². The number of rotatable bonds is 6. The second-order valence-electron chi connectivity index (χ2n) is 6.42. The third kappa shape index (κ3) is 5.13. The van der Waals surface area contributed by atoms with Gasteiger partial charge in [-0.25, -0.2) is 0 Å². The van der Waals surface area contributed by atoms with E-state index in [2.05, 4.69) is 17.6 Å². The third-order valence-corrected chi connectivity index (χ3v) is 4.72. The van der Waals surface area contributed by atoms with E-state index in [1.165, 1.54) is 44.9 Å². The van der Waals surface area contributed by atoms with Crippen LogP contribution in [0.4, 0.5) is 0 Å². The van der Waals surface area contributed by atoms with Crippen LogP contribution in [0.25, 0.3) is 0 Å². The number of amides is 1. The van der Waals surface area contributed by atoms with E-state index in [1.807, 2.05) is 0 Å². The molecule has 0 atom stereocenters. The fourth-order valence-electron chi connectivity index (χ4n) is 3.55. The molecule has 0 bridgehead atoms. The SMILES string of the molecule is CCCNC1CCC(NC(=O)CC2CCCC2)CC1. The zero-order chi connectivity index (χ0) is 13.5. The molecule has 1 amide bonds. The molecular formula is C16H30N2O. The maximum Gasteiger partial charge on any atom is 0.220 e. The Kier molecular flexibility index (Phi) is 6.15. The average Bonchev–Trinajstić information content (AvgIpc) is 2.90. The van der Waals surface area contributed by atoms with E-state index >= 15 is 0 Å². The van der Waals surface area contributed by atoms with Gasteiger partial charge in [0.1, 0.15) is 0 Å². The van der Waals surface area contributed by atoms with Gasteiger partial charge in [-0.3, -0.25) is 4.79 Å². The van der Waals surface area contributed by atoms with Gasteiger partial charge in [0.25, 0.3) is 0 Å². The first-order valence-electron chi connectivity index (χ1n) is 8.30. The Labute approximate surface area is 117 Å². The zero-order valence-electron chi connectivity index (χ0n) is 12.4. The summed E-state index contributed by atoms with van der Waals surface area (Å²) in [6, 6.07) is 1.12. The molecule has 0 spiro atoms. The van der Waals surface area contributed by atoms with Crippen LogP contribution >= 0.6 is 0 Å². The van der Waals surface area contributed by atoms with E-state index in [0.717, 1.165) is 25.8 Å². The lowest BCUT2D eigenvalue weighted by Gasteiger charge is -2.30. The van der Waals surface area contributed by atoms with Gasteiger partial charge in [0, 0.05) is 18.5 Å². The Hall–Kier alpha value is -0.570. The van der Waals surface area contributed by atoms with Crippen molar-refractivity contribution in [2.45, 2.75) is 83.2 Å². The van der Waals surface area contributed by atoms with Crippen molar-refractivity contribution in [2.75, 3.05) is 6.54 Å². The molecule has 0 aliphatic heterocycles. The Balaban J connectivity index is 1.60. The van der Waals surface area contributed by atoms with Crippen LogP contribution in [0.3, 0.4) is 0 Å². The van der Waals surface area contributed by atoms with Crippen molar-refractivity contribution in [1.29, 1.82) is 0 Å². The van der Waals surface area contributed by atoms with Gasteiger partial charge in [0.15, 0.2) is 0 Å². The highest BCUT2D eigenvalue weighted by Gasteiger charge is 2.23. The molecule has 2 saturated carbocycles. The van der Waals surface area contributed by atoms with E-state index in [9.17, 15) is 4.79 Å². The summed E-state index contributed by atoms with van der Waals surface area (Å²) in [4.78, 5) is 12.0. The highest BCUT2D eigenvalue weighted by atomic mass is 16.1. The Morgan fingerprint density at radius 2 is 1.63 bits per heavy atom. The number of hydrogen-bond donors (Lipinski definition) is 2. The van der Waals surface area contributed by atoms with E-state index in [1.54, 1.807) is 0 Å². The van der Waals surface area contributed by atoms with Crippen LogP contribution in [-0.4, -0.2) is 24.5 Å². The fraction of sp³-hybridized carbons (Fsp3) is 0.938. The second kappa shape index (κ2) is 7.88. The van der Waals surface area contributed by atoms with Crippen molar-refractivity contribution in [1.82, 2.24) is 10.6 Å². The smallest absolute Gasteiger partial charge is 0.220 e. The first-order valence-corrected chi connectivity index (χ1v) is 8.30. The number of hydrogen-bond acceptors (Lipinski definition) is 2. The molecule has 3 nitrogen and oxygen atoms in total. The van der Waals surface area contributed by atoms with E-state index < -0.39 is 0 Å². The molecule has 2 fully saturated rings. The van der Waals surface area contributed by atoms with Gasteiger partial charge in [0.05, 0.1) is 0 Å². The summed E-state index contributed by atoms with van der Waals surface area (Å²) in [6.45, 7) is 3.34. The lowest BCUT2D eigenvalue weighted by molar-refractivity contribution is -0.122. The zero-order valence-corrected chi connectivity index (χ0v) is 12.4. The standard InChI is InChI=1S/C16H30N2O/c1-2-11-17-14-7-9-15(10-8-14)18-16(19)12-13-5-3-4-6-13/h13-15,17H,2-12H2,1H3,(H,18,19). The normalized spacial score (nSPS) is 28.5. The minimum Gasteiger partial charge on any atom is -0.353 e. The third-order valence-electron chi connectivity index (χ3n) is 4.72. The van der Waals surface area contributed by atoms with Crippen molar-refractivity contribution in [3.63, 3.8) is 0 Å². The van der Waals surface area contributed by atoms with E-state index in [-0.39, 0.29) is 0 Å². The maximum absolute atomic E-state index is 12.0. The van der Waals surface area contributed by atoms with Gasteiger partial charge in [0.2, 0.25) is 5.91 Å². The van der Waals surface area contributed by atoms with Crippen LogP contribution < -0.4 is 10.6 Å². The largest absolute Gasteiger partial charge is 0.353 e. The predicted octanol–water partition coefficient (Wildman–Crippen LogP) is 2.99. The Morgan fingerprint density at radius 1 is 1.00 bits per heavy atom. The lowest BCUT2D eigenvalue weighted by atomic mass is 9.90. The molecular weight excluding hydrogens is 236 g/mol. The summed E-state index contributed by atoms with van der Waals surface area (Å²) < 4.78 is 0. The number of carbonyl (C=O) groups excluding carboxylic acids is 1. The van der Waals surface area contributed by atoms with E-state index in [4.69, 9.17) is 0 Å². The molecule has 0 saturated heterocycles. The van der Waals surface area contributed by atoms with Crippen LogP contribution in [0.15, 0.2) is 0 Å². The summed E-state index contributed by atoms with van der Waals surface area (Å²) in [6.07, 6.45) is 11.9. The highest BCUT2D eigenvalue weighted by molar-refractivity contribution is 5.76. The highest BCUT2D eigenvalue weighted by Crippen LogP contribution is 2.27. The molecule has 0 unspecified atom stereocenters. The van der Waals surface area contributed by atoms with Crippen LogP contribution in [0.5, 0.6) is 0 Å². The van der Waals surface area contributed by atoms with Gasteiger partial charge in [-0.05, 0) is 57.4 Å². The summed E-state index contributed by atoms with van der Waals surface area (Å²) in [5.41, 5.74) is 0. The molecule has 0 aromatic carbocycles. The molecule has 2 rings (SSSR count). The van der Waals surface area contributed by atoms with Crippen LogP contribution in [0.1, 0.15) is 71.1 Å². The minimum absolute atomic E-state index is 0.303.